The van der Waals surface area contributed by atoms with Crippen molar-refractivity contribution in [2.24, 2.45) is 0 Å². The summed E-state index contributed by atoms with van der Waals surface area (Å²) in [5.74, 6) is -0.197. The summed E-state index contributed by atoms with van der Waals surface area (Å²) in [5.41, 5.74) is 0. The number of unbranched alkanes of at least 4 members (excludes halogenated alkanes) is 14. The zero-order chi connectivity index (χ0) is 44.4. The summed E-state index contributed by atoms with van der Waals surface area (Å²) >= 11 is 0. The van der Waals surface area contributed by atoms with Gasteiger partial charge in [-0.3, -0.25) is 4.79 Å². The van der Waals surface area contributed by atoms with Crippen LogP contribution in [0.2, 0.25) is 0 Å². The summed E-state index contributed by atoms with van der Waals surface area (Å²) in [5, 5.41) is 54.0. The molecule has 0 aromatic carbocycles. The van der Waals surface area contributed by atoms with E-state index < -0.39 is 49.5 Å². The van der Waals surface area contributed by atoms with Gasteiger partial charge in [0.15, 0.2) is 6.29 Å². The first-order chi connectivity index (χ1) is 29.8. The Morgan fingerprint density at radius 1 is 0.574 bits per heavy atom. The predicted octanol–water partition coefficient (Wildman–Crippen LogP) is 10.5. The fraction of sp³-hybridized carbons (Fsp3) is 0.673. The van der Waals surface area contributed by atoms with Crippen molar-refractivity contribution in [2.45, 2.75) is 211 Å². The minimum Gasteiger partial charge on any atom is -0.394 e. The molecule has 1 aliphatic rings. The van der Waals surface area contributed by atoms with Crippen molar-refractivity contribution in [2.75, 3.05) is 13.2 Å². The highest BCUT2D eigenvalue weighted by Gasteiger charge is 2.44. The van der Waals surface area contributed by atoms with Gasteiger partial charge >= 0.3 is 0 Å². The van der Waals surface area contributed by atoms with Crippen molar-refractivity contribution >= 4 is 5.91 Å². The number of nitrogens with one attached hydrogen (secondary N) is 1. The van der Waals surface area contributed by atoms with E-state index in [-0.39, 0.29) is 12.5 Å². The summed E-state index contributed by atoms with van der Waals surface area (Å²) < 4.78 is 11.2. The van der Waals surface area contributed by atoms with Crippen LogP contribution in [-0.4, -0.2) is 87.5 Å². The van der Waals surface area contributed by atoms with E-state index in [9.17, 15) is 30.3 Å². The van der Waals surface area contributed by atoms with Crippen molar-refractivity contribution in [3.8, 4) is 0 Å². The van der Waals surface area contributed by atoms with E-state index in [0.29, 0.717) is 6.42 Å². The molecule has 1 fully saturated rings. The second kappa shape index (κ2) is 41.1. The summed E-state index contributed by atoms with van der Waals surface area (Å²) in [7, 11) is 0. The third-order valence-electron chi connectivity index (χ3n) is 10.7. The van der Waals surface area contributed by atoms with Gasteiger partial charge < -0.3 is 40.3 Å². The molecule has 1 saturated heterocycles. The molecule has 1 amide bonds. The number of carbonyl (C=O) groups is 1. The zero-order valence-corrected chi connectivity index (χ0v) is 38.1. The Kier molecular flexibility index (Phi) is 37.9. The lowest BCUT2D eigenvalue weighted by molar-refractivity contribution is -0.302. The molecule has 7 atom stereocenters. The highest BCUT2D eigenvalue weighted by atomic mass is 16.7. The minimum atomic E-state index is -1.57. The van der Waals surface area contributed by atoms with Crippen molar-refractivity contribution < 1.29 is 39.8 Å². The normalized spacial score (nSPS) is 21.3. The molecule has 0 aliphatic carbocycles. The third-order valence-corrected chi connectivity index (χ3v) is 10.7. The number of carbonyl (C=O) groups excluding carboxylic acids is 1. The standard InChI is InChI=1S/C52H87NO8/c1-3-5-7-9-11-13-14-15-16-17-18-19-20-21-22-23-24-25-26-27-28-29-30-31-32-34-36-38-40-42-48(56)53-45(46(55)41-39-37-35-33-12-10-8-6-4-2)44-60-52-51(59)50(58)49(57)47(43-54)61-52/h5,7,11,13,15-16,18-19,21-22,24-25,27-28,39,41,45-47,49-52,54-55,57-59H,3-4,6,8-10,12,14,17,20,23,26,29-38,40,42-44H2,1-2H3,(H,53,56)/b7-5-,13-11-,16-15-,19-18-,22-21-,25-24-,28-27-,41-39+. The third kappa shape index (κ3) is 31.6. The molecule has 9 heteroatoms. The Morgan fingerprint density at radius 2 is 1.02 bits per heavy atom. The fourth-order valence-corrected chi connectivity index (χ4v) is 6.84. The minimum absolute atomic E-state index is 0.197. The van der Waals surface area contributed by atoms with Gasteiger partial charge in [0.05, 0.1) is 25.4 Å². The largest absolute Gasteiger partial charge is 0.394 e. The first-order valence-electron chi connectivity index (χ1n) is 24.0. The summed E-state index contributed by atoms with van der Waals surface area (Å²) in [6.45, 7) is 3.59. The molecule has 6 N–H and O–H groups in total. The van der Waals surface area contributed by atoms with E-state index in [1.54, 1.807) is 6.08 Å². The first kappa shape index (κ1) is 56.1. The van der Waals surface area contributed by atoms with Gasteiger partial charge in [-0.05, 0) is 77.0 Å². The van der Waals surface area contributed by atoms with E-state index in [2.05, 4.69) is 104 Å². The van der Waals surface area contributed by atoms with Crippen molar-refractivity contribution in [1.29, 1.82) is 0 Å². The van der Waals surface area contributed by atoms with Crippen LogP contribution in [0.5, 0.6) is 0 Å². The molecule has 0 aromatic rings. The summed E-state index contributed by atoms with van der Waals surface area (Å²) in [6, 6.07) is -0.815. The lowest BCUT2D eigenvalue weighted by Crippen LogP contribution is -2.60. The number of aliphatic hydroxyl groups excluding tert-OH is 5. The van der Waals surface area contributed by atoms with Crippen LogP contribution in [0.1, 0.15) is 168 Å². The van der Waals surface area contributed by atoms with Gasteiger partial charge in [-0.1, -0.05) is 182 Å². The maximum absolute atomic E-state index is 12.9. The molecule has 7 unspecified atom stereocenters. The highest BCUT2D eigenvalue weighted by molar-refractivity contribution is 5.76. The van der Waals surface area contributed by atoms with Crippen molar-refractivity contribution in [3.05, 3.63) is 97.2 Å². The summed E-state index contributed by atoms with van der Waals surface area (Å²) in [4.78, 5) is 12.9. The van der Waals surface area contributed by atoms with E-state index in [0.717, 1.165) is 96.3 Å². The lowest BCUT2D eigenvalue weighted by Gasteiger charge is -2.40. The van der Waals surface area contributed by atoms with Crippen LogP contribution in [0.25, 0.3) is 0 Å². The number of amides is 1. The number of rotatable bonds is 38. The second-order valence-corrected chi connectivity index (χ2v) is 16.2. The van der Waals surface area contributed by atoms with Gasteiger partial charge in [0.1, 0.15) is 24.4 Å². The Hall–Kier alpha value is -2.89. The van der Waals surface area contributed by atoms with Gasteiger partial charge in [-0.2, -0.15) is 0 Å². The maximum atomic E-state index is 12.9. The molecule has 1 aliphatic heterocycles. The molecule has 0 aromatic heterocycles. The molecular weight excluding hydrogens is 767 g/mol. The second-order valence-electron chi connectivity index (χ2n) is 16.2. The van der Waals surface area contributed by atoms with Gasteiger partial charge in [-0.25, -0.2) is 0 Å². The molecule has 0 radical (unpaired) electrons. The average molecular weight is 854 g/mol. The van der Waals surface area contributed by atoms with E-state index in [1.165, 1.54) is 51.4 Å². The topological polar surface area (TPSA) is 149 Å². The maximum Gasteiger partial charge on any atom is 0.220 e. The fourth-order valence-electron chi connectivity index (χ4n) is 6.84. The highest BCUT2D eigenvalue weighted by Crippen LogP contribution is 2.22. The number of ether oxygens (including phenoxy) is 2. The summed E-state index contributed by atoms with van der Waals surface area (Å²) in [6.07, 6.45) is 51.8. The number of hydrogen-bond donors (Lipinski definition) is 6. The number of hydrogen-bond acceptors (Lipinski definition) is 8. The van der Waals surface area contributed by atoms with Crippen LogP contribution in [0.4, 0.5) is 0 Å². The predicted molar refractivity (Wildman–Crippen MR) is 253 cm³/mol. The van der Waals surface area contributed by atoms with Crippen LogP contribution in [0, 0.1) is 0 Å². The molecule has 348 valence electrons. The van der Waals surface area contributed by atoms with E-state index in [4.69, 9.17) is 9.47 Å². The quantitative estimate of drug-likeness (QED) is 0.0266. The molecule has 61 heavy (non-hydrogen) atoms. The van der Waals surface area contributed by atoms with Gasteiger partial charge in [0, 0.05) is 6.42 Å². The number of allylic oxidation sites excluding steroid dienone is 15. The van der Waals surface area contributed by atoms with Crippen LogP contribution in [-0.2, 0) is 14.3 Å². The molecular formula is C52H87NO8. The van der Waals surface area contributed by atoms with Crippen molar-refractivity contribution in [3.63, 3.8) is 0 Å². The van der Waals surface area contributed by atoms with Crippen LogP contribution >= 0.6 is 0 Å². The Bertz CT molecular complexity index is 1270. The van der Waals surface area contributed by atoms with Crippen LogP contribution < -0.4 is 5.32 Å². The van der Waals surface area contributed by atoms with Gasteiger partial charge in [0.2, 0.25) is 5.91 Å². The first-order valence-corrected chi connectivity index (χ1v) is 24.0. The van der Waals surface area contributed by atoms with Crippen molar-refractivity contribution in [1.82, 2.24) is 5.32 Å². The molecule has 1 rings (SSSR count). The molecule has 0 spiro atoms. The Labute approximate surface area is 371 Å². The average Bonchev–Trinajstić information content (AvgIpc) is 3.26. The SMILES string of the molecule is CC/C=C\C/C=C\C/C=C\C/C=C\C/C=C\C/C=C\C/C=C\CCCCCCCCCC(=O)NC(COC1OC(CO)C(O)C(O)C1O)C(O)/C=C/CCCCCCCCC. The smallest absolute Gasteiger partial charge is 0.220 e. The van der Waals surface area contributed by atoms with Gasteiger partial charge in [-0.15, -0.1) is 0 Å². The van der Waals surface area contributed by atoms with E-state index >= 15 is 0 Å². The molecule has 9 nitrogen and oxygen atoms in total. The monoisotopic (exact) mass is 854 g/mol. The lowest BCUT2D eigenvalue weighted by atomic mass is 9.99. The Balaban J connectivity index is 2.24. The Morgan fingerprint density at radius 3 is 1.51 bits per heavy atom. The molecule has 0 saturated carbocycles. The number of aliphatic hydroxyl groups is 5. The molecule has 0 bridgehead atoms. The molecule has 1 heterocycles. The van der Waals surface area contributed by atoms with Crippen LogP contribution in [0.15, 0.2) is 97.2 Å². The van der Waals surface area contributed by atoms with E-state index in [1.807, 2.05) is 6.08 Å². The van der Waals surface area contributed by atoms with Gasteiger partial charge in [0.25, 0.3) is 0 Å². The van der Waals surface area contributed by atoms with Crippen LogP contribution in [0.3, 0.4) is 0 Å². The zero-order valence-electron chi connectivity index (χ0n) is 38.1.